The minimum absolute atomic E-state index is 0.0700. The first-order valence-corrected chi connectivity index (χ1v) is 5.55. The Kier molecular flexibility index (Phi) is 3.10. The van der Waals surface area contributed by atoms with Crippen LogP contribution in [0.15, 0.2) is 24.3 Å². The Labute approximate surface area is 95.4 Å². The van der Waals surface area contributed by atoms with E-state index in [2.05, 4.69) is 12.2 Å². The molecule has 4 nitrogen and oxygen atoms in total. The summed E-state index contributed by atoms with van der Waals surface area (Å²) < 4.78 is 0. The standard InChI is InChI=1S/C12H17N3O/c1-9-8-15(6-5-14-9)12(16)10-3-2-4-11(13)7-10/h2-4,7,9,14H,5-6,8,13H2,1H3. The van der Waals surface area contributed by atoms with Crippen LogP contribution in [0.25, 0.3) is 0 Å². The zero-order valence-corrected chi connectivity index (χ0v) is 9.44. The first-order valence-electron chi connectivity index (χ1n) is 5.55. The number of benzene rings is 1. The van der Waals surface area contributed by atoms with Crippen molar-refractivity contribution in [2.75, 3.05) is 25.4 Å². The molecule has 0 spiro atoms. The summed E-state index contributed by atoms with van der Waals surface area (Å²) in [5.74, 6) is 0.0700. The Morgan fingerprint density at radius 1 is 1.56 bits per heavy atom. The third-order valence-electron chi connectivity index (χ3n) is 2.79. The Balaban J connectivity index is 2.12. The fourth-order valence-corrected chi connectivity index (χ4v) is 1.97. The molecule has 3 N–H and O–H groups in total. The molecule has 16 heavy (non-hydrogen) atoms. The summed E-state index contributed by atoms with van der Waals surface area (Å²) in [7, 11) is 0. The van der Waals surface area contributed by atoms with E-state index in [1.807, 2.05) is 17.0 Å². The van der Waals surface area contributed by atoms with E-state index >= 15 is 0 Å². The molecule has 2 rings (SSSR count). The van der Waals surface area contributed by atoms with Crippen molar-refractivity contribution in [3.63, 3.8) is 0 Å². The van der Waals surface area contributed by atoms with Crippen LogP contribution in [-0.4, -0.2) is 36.5 Å². The molecule has 86 valence electrons. The van der Waals surface area contributed by atoms with Crippen molar-refractivity contribution in [1.29, 1.82) is 0 Å². The molecule has 1 atom stereocenters. The average Bonchev–Trinajstić information content (AvgIpc) is 2.28. The Bertz CT molecular complexity index is 392. The molecule has 1 fully saturated rings. The molecule has 0 saturated carbocycles. The second-order valence-electron chi connectivity index (χ2n) is 4.23. The first kappa shape index (κ1) is 11.0. The summed E-state index contributed by atoms with van der Waals surface area (Å²) in [4.78, 5) is 14.0. The number of nitrogens with zero attached hydrogens (tertiary/aromatic N) is 1. The number of hydrogen-bond donors (Lipinski definition) is 2. The predicted molar refractivity (Wildman–Crippen MR) is 64.2 cm³/mol. The lowest BCUT2D eigenvalue weighted by Crippen LogP contribution is -2.51. The van der Waals surface area contributed by atoms with Gasteiger partial charge in [-0.15, -0.1) is 0 Å². The topological polar surface area (TPSA) is 58.4 Å². The number of anilines is 1. The van der Waals surface area contributed by atoms with E-state index in [1.54, 1.807) is 12.1 Å². The maximum Gasteiger partial charge on any atom is 0.254 e. The molecule has 0 aliphatic carbocycles. The van der Waals surface area contributed by atoms with Gasteiger partial charge in [-0.3, -0.25) is 4.79 Å². The summed E-state index contributed by atoms with van der Waals surface area (Å²) in [5, 5.41) is 3.31. The third-order valence-corrected chi connectivity index (χ3v) is 2.79. The van der Waals surface area contributed by atoms with Gasteiger partial charge in [-0.25, -0.2) is 0 Å². The van der Waals surface area contributed by atoms with Crippen LogP contribution in [0.1, 0.15) is 17.3 Å². The molecular formula is C12H17N3O. The van der Waals surface area contributed by atoms with Crippen molar-refractivity contribution in [2.45, 2.75) is 13.0 Å². The van der Waals surface area contributed by atoms with Gasteiger partial charge in [-0.2, -0.15) is 0 Å². The SMILES string of the molecule is CC1CN(C(=O)c2cccc(N)c2)CCN1. The Hall–Kier alpha value is -1.55. The first-order chi connectivity index (χ1) is 7.66. The molecule has 1 aromatic rings. The summed E-state index contributed by atoms with van der Waals surface area (Å²) in [6.07, 6.45) is 0. The number of nitrogens with two attached hydrogens (primary N) is 1. The van der Waals surface area contributed by atoms with Crippen LogP contribution in [0.5, 0.6) is 0 Å². The normalized spacial score (nSPS) is 20.8. The summed E-state index contributed by atoms with van der Waals surface area (Å²) >= 11 is 0. The maximum absolute atomic E-state index is 12.1. The highest BCUT2D eigenvalue weighted by Crippen LogP contribution is 2.11. The lowest BCUT2D eigenvalue weighted by molar-refractivity contribution is 0.0709. The van der Waals surface area contributed by atoms with Gasteiger partial charge in [-0.1, -0.05) is 6.07 Å². The number of amides is 1. The number of rotatable bonds is 1. The summed E-state index contributed by atoms with van der Waals surface area (Å²) in [5.41, 5.74) is 6.98. The van der Waals surface area contributed by atoms with Crippen LogP contribution in [0, 0.1) is 0 Å². The molecule has 0 aromatic heterocycles. The second kappa shape index (κ2) is 4.53. The van der Waals surface area contributed by atoms with E-state index in [-0.39, 0.29) is 5.91 Å². The van der Waals surface area contributed by atoms with Crippen LogP contribution in [0.3, 0.4) is 0 Å². The van der Waals surface area contributed by atoms with Crippen molar-refractivity contribution in [2.24, 2.45) is 0 Å². The van der Waals surface area contributed by atoms with Crippen LogP contribution < -0.4 is 11.1 Å². The number of hydrogen-bond acceptors (Lipinski definition) is 3. The van der Waals surface area contributed by atoms with E-state index in [4.69, 9.17) is 5.73 Å². The monoisotopic (exact) mass is 219 g/mol. The molecule has 1 heterocycles. The van der Waals surface area contributed by atoms with Crippen molar-refractivity contribution in [3.05, 3.63) is 29.8 Å². The largest absolute Gasteiger partial charge is 0.399 e. The van der Waals surface area contributed by atoms with Crippen molar-refractivity contribution >= 4 is 11.6 Å². The van der Waals surface area contributed by atoms with Crippen LogP contribution in [0.2, 0.25) is 0 Å². The molecule has 1 aliphatic heterocycles. The molecule has 1 aliphatic rings. The average molecular weight is 219 g/mol. The van der Waals surface area contributed by atoms with Gasteiger partial charge in [0, 0.05) is 36.9 Å². The van der Waals surface area contributed by atoms with Gasteiger partial charge in [-0.05, 0) is 25.1 Å². The van der Waals surface area contributed by atoms with Crippen molar-refractivity contribution < 1.29 is 4.79 Å². The fourth-order valence-electron chi connectivity index (χ4n) is 1.97. The zero-order valence-electron chi connectivity index (χ0n) is 9.44. The molecule has 4 heteroatoms. The minimum Gasteiger partial charge on any atom is -0.399 e. The lowest BCUT2D eigenvalue weighted by Gasteiger charge is -2.32. The van der Waals surface area contributed by atoms with E-state index in [0.29, 0.717) is 17.3 Å². The van der Waals surface area contributed by atoms with Crippen LogP contribution >= 0.6 is 0 Å². The number of piperazine rings is 1. The maximum atomic E-state index is 12.1. The van der Waals surface area contributed by atoms with Crippen molar-refractivity contribution in [3.8, 4) is 0 Å². The van der Waals surface area contributed by atoms with E-state index in [9.17, 15) is 4.79 Å². The van der Waals surface area contributed by atoms with Gasteiger partial charge in [0.25, 0.3) is 5.91 Å². The van der Waals surface area contributed by atoms with Gasteiger partial charge in [0.1, 0.15) is 0 Å². The third kappa shape index (κ3) is 2.33. The van der Waals surface area contributed by atoms with Gasteiger partial charge < -0.3 is 16.0 Å². The van der Waals surface area contributed by atoms with Gasteiger partial charge >= 0.3 is 0 Å². The molecule has 1 aromatic carbocycles. The summed E-state index contributed by atoms with van der Waals surface area (Å²) in [6, 6.07) is 7.50. The Morgan fingerprint density at radius 3 is 3.06 bits per heavy atom. The van der Waals surface area contributed by atoms with E-state index in [1.165, 1.54) is 0 Å². The quantitative estimate of drug-likeness (QED) is 0.684. The molecule has 0 radical (unpaired) electrons. The molecular weight excluding hydrogens is 202 g/mol. The highest BCUT2D eigenvalue weighted by Gasteiger charge is 2.21. The van der Waals surface area contributed by atoms with Crippen LogP contribution in [-0.2, 0) is 0 Å². The lowest BCUT2D eigenvalue weighted by atomic mass is 10.1. The zero-order chi connectivity index (χ0) is 11.5. The predicted octanol–water partition coefficient (Wildman–Crippen LogP) is 0.703. The number of carbonyl (C=O) groups excluding carboxylic acids is 1. The molecule has 1 saturated heterocycles. The Morgan fingerprint density at radius 2 is 2.38 bits per heavy atom. The molecule has 0 bridgehead atoms. The molecule has 1 unspecified atom stereocenters. The smallest absolute Gasteiger partial charge is 0.254 e. The highest BCUT2D eigenvalue weighted by atomic mass is 16.2. The van der Waals surface area contributed by atoms with Gasteiger partial charge in [0.15, 0.2) is 0 Å². The minimum atomic E-state index is 0.0700. The van der Waals surface area contributed by atoms with E-state index < -0.39 is 0 Å². The number of nitrogens with one attached hydrogen (secondary N) is 1. The fraction of sp³-hybridized carbons (Fsp3) is 0.417. The second-order valence-corrected chi connectivity index (χ2v) is 4.23. The molecule has 1 amide bonds. The number of carbonyl (C=O) groups is 1. The van der Waals surface area contributed by atoms with Gasteiger partial charge in [0.05, 0.1) is 0 Å². The van der Waals surface area contributed by atoms with E-state index in [0.717, 1.165) is 19.6 Å². The number of nitrogen functional groups attached to an aromatic ring is 1. The highest BCUT2D eigenvalue weighted by molar-refractivity contribution is 5.95. The summed E-state index contributed by atoms with van der Waals surface area (Å²) in [6.45, 7) is 4.46. The van der Waals surface area contributed by atoms with Gasteiger partial charge in [0.2, 0.25) is 0 Å². The van der Waals surface area contributed by atoms with Crippen molar-refractivity contribution in [1.82, 2.24) is 10.2 Å². The van der Waals surface area contributed by atoms with Crippen LogP contribution in [0.4, 0.5) is 5.69 Å².